The number of nitrogens with zero attached hydrogens (tertiary/aromatic N) is 3. The van der Waals surface area contributed by atoms with Gasteiger partial charge in [0.25, 0.3) is 5.56 Å². The third-order valence-corrected chi connectivity index (χ3v) is 4.92. The van der Waals surface area contributed by atoms with Gasteiger partial charge in [-0.15, -0.1) is 0 Å². The number of aryl methyl sites for hydroxylation is 1. The topological polar surface area (TPSA) is 55.2 Å². The number of hydrogen-bond acceptors (Lipinski definition) is 4. The Kier molecular flexibility index (Phi) is 4.97. The van der Waals surface area contributed by atoms with E-state index in [1.165, 1.54) is 10.6 Å². The molecule has 3 rings (SSSR count). The normalized spacial score (nSPS) is 20.5. The molecular formula is C19H22FN3O2. The van der Waals surface area contributed by atoms with Gasteiger partial charge in [0.1, 0.15) is 11.6 Å². The van der Waals surface area contributed by atoms with Crippen molar-refractivity contribution in [3.05, 3.63) is 58.4 Å². The second kappa shape index (κ2) is 7.17. The van der Waals surface area contributed by atoms with Crippen LogP contribution in [0, 0.1) is 11.7 Å². The van der Waals surface area contributed by atoms with Crippen molar-refractivity contribution in [2.75, 3.05) is 11.4 Å². The van der Waals surface area contributed by atoms with Crippen LogP contribution in [0.3, 0.4) is 0 Å². The van der Waals surface area contributed by atoms with E-state index < -0.39 is 0 Å². The number of hydrogen-bond donors (Lipinski definition) is 0. The van der Waals surface area contributed by atoms with Gasteiger partial charge in [0.2, 0.25) is 0 Å². The standard InChI is InChI=1S/C19H22FN3O2/c1-13-11-15(17(24)12-14-5-3-4-6-16(14)20)7-9-23(13)18-19(25)22(2)10-8-21-18/h3-6,8,10,13,15H,7,9,11-12H2,1-2H3. The fourth-order valence-corrected chi connectivity index (χ4v) is 3.43. The number of carbonyl (C=O) groups excluding carboxylic acids is 1. The van der Waals surface area contributed by atoms with Gasteiger partial charge in [-0.3, -0.25) is 9.59 Å². The summed E-state index contributed by atoms with van der Waals surface area (Å²) >= 11 is 0. The lowest BCUT2D eigenvalue weighted by molar-refractivity contribution is -0.123. The number of halogens is 1. The van der Waals surface area contributed by atoms with Crippen molar-refractivity contribution < 1.29 is 9.18 Å². The molecule has 0 spiro atoms. The predicted octanol–water partition coefficient (Wildman–Crippen LogP) is 2.34. The molecule has 0 aliphatic carbocycles. The summed E-state index contributed by atoms with van der Waals surface area (Å²) in [5.41, 5.74) is 0.312. The van der Waals surface area contributed by atoms with Crippen LogP contribution in [0.5, 0.6) is 0 Å². The van der Waals surface area contributed by atoms with E-state index in [2.05, 4.69) is 4.98 Å². The van der Waals surface area contributed by atoms with Crippen molar-refractivity contribution in [3.8, 4) is 0 Å². The Labute approximate surface area is 146 Å². The summed E-state index contributed by atoms with van der Waals surface area (Å²) in [6, 6.07) is 6.44. The Morgan fingerprint density at radius 1 is 1.36 bits per heavy atom. The molecule has 2 atom stereocenters. The average molecular weight is 343 g/mol. The van der Waals surface area contributed by atoms with Gasteiger partial charge in [-0.05, 0) is 31.4 Å². The molecule has 0 amide bonds. The van der Waals surface area contributed by atoms with Crippen molar-refractivity contribution in [2.24, 2.45) is 13.0 Å². The van der Waals surface area contributed by atoms with Gasteiger partial charge < -0.3 is 9.47 Å². The first-order valence-electron chi connectivity index (χ1n) is 8.51. The Bertz CT molecular complexity index is 833. The highest BCUT2D eigenvalue weighted by Gasteiger charge is 2.31. The lowest BCUT2D eigenvalue weighted by Gasteiger charge is -2.37. The molecule has 1 fully saturated rings. The molecule has 25 heavy (non-hydrogen) atoms. The number of aromatic nitrogens is 2. The molecule has 1 aromatic carbocycles. The molecule has 0 saturated carbocycles. The van der Waals surface area contributed by atoms with Gasteiger partial charge in [0, 0.05) is 44.4 Å². The van der Waals surface area contributed by atoms with Crippen molar-refractivity contribution >= 4 is 11.6 Å². The molecule has 1 aliphatic heterocycles. The van der Waals surface area contributed by atoms with E-state index >= 15 is 0 Å². The monoisotopic (exact) mass is 343 g/mol. The Morgan fingerprint density at radius 2 is 2.12 bits per heavy atom. The number of ketones is 1. The summed E-state index contributed by atoms with van der Waals surface area (Å²) in [5.74, 6) is 0.0414. The third kappa shape index (κ3) is 3.62. The minimum atomic E-state index is -0.335. The number of Topliss-reactive ketones (excluding diaryl/α,β-unsaturated/α-hetero) is 1. The first-order valence-corrected chi connectivity index (χ1v) is 8.51. The Hall–Kier alpha value is -2.50. The minimum absolute atomic E-state index is 0.0333. The lowest BCUT2D eigenvalue weighted by Crippen LogP contribution is -2.46. The van der Waals surface area contributed by atoms with Crippen LogP contribution in [0.15, 0.2) is 41.5 Å². The maximum Gasteiger partial charge on any atom is 0.293 e. The van der Waals surface area contributed by atoms with Crippen molar-refractivity contribution in [1.29, 1.82) is 0 Å². The second-order valence-corrected chi connectivity index (χ2v) is 6.67. The van der Waals surface area contributed by atoms with E-state index in [0.717, 1.165) is 0 Å². The van der Waals surface area contributed by atoms with Gasteiger partial charge in [0.05, 0.1) is 0 Å². The zero-order valence-corrected chi connectivity index (χ0v) is 14.5. The van der Waals surface area contributed by atoms with Crippen molar-refractivity contribution in [2.45, 2.75) is 32.2 Å². The molecule has 2 aromatic rings. The van der Waals surface area contributed by atoms with Crippen LogP contribution < -0.4 is 10.5 Å². The van der Waals surface area contributed by atoms with Gasteiger partial charge >= 0.3 is 0 Å². The first-order chi connectivity index (χ1) is 12.0. The van der Waals surface area contributed by atoms with Crippen LogP contribution >= 0.6 is 0 Å². The van der Waals surface area contributed by atoms with E-state index in [4.69, 9.17) is 0 Å². The fourth-order valence-electron chi connectivity index (χ4n) is 3.43. The Morgan fingerprint density at radius 3 is 2.84 bits per heavy atom. The molecule has 0 N–H and O–H groups in total. The number of rotatable bonds is 4. The second-order valence-electron chi connectivity index (χ2n) is 6.67. The van der Waals surface area contributed by atoms with Crippen LogP contribution in [0.4, 0.5) is 10.2 Å². The van der Waals surface area contributed by atoms with Gasteiger partial charge in [0.15, 0.2) is 5.82 Å². The molecule has 0 radical (unpaired) electrons. The van der Waals surface area contributed by atoms with Gasteiger partial charge in [-0.1, -0.05) is 18.2 Å². The summed E-state index contributed by atoms with van der Waals surface area (Å²) in [4.78, 5) is 31.0. The molecule has 2 unspecified atom stereocenters. The van der Waals surface area contributed by atoms with E-state index in [1.807, 2.05) is 11.8 Å². The van der Waals surface area contributed by atoms with Gasteiger partial charge in [-0.25, -0.2) is 9.37 Å². The third-order valence-electron chi connectivity index (χ3n) is 4.92. The molecule has 2 heterocycles. The average Bonchev–Trinajstić information content (AvgIpc) is 2.59. The van der Waals surface area contributed by atoms with Gasteiger partial charge in [-0.2, -0.15) is 0 Å². The molecular weight excluding hydrogens is 321 g/mol. The highest BCUT2D eigenvalue weighted by Crippen LogP contribution is 2.27. The van der Waals surface area contributed by atoms with Crippen LogP contribution in [0.1, 0.15) is 25.3 Å². The SMILES string of the molecule is CC1CC(C(=O)Cc2ccccc2F)CCN1c1nccn(C)c1=O. The van der Waals surface area contributed by atoms with E-state index in [1.54, 1.807) is 37.6 Å². The summed E-state index contributed by atoms with van der Waals surface area (Å²) in [6.07, 6.45) is 4.65. The summed E-state index contributed by atoms with van der Waals surface area (Å²) < 4.78 is 15.3. The quantitative estimate of drug-likeness (QED) is 0.855. The summed E-state index contributed by atoms with van der Waals surface area (Å²) in [7, 11) is 1.70. The van der Waals surface area contributed by atoms with Crippen molar-refractivity contribution in [3.63, 3.8) is 0 Å². The molecule has 1 aliphatic rings. The first kappa shape index (κ1) is 17.3. The molecule has 5 nitrogen and oxygen atoms in total. The zero-order chi connectivity index (χ0) is 18.0. The van der Waals surface area contributed by atoms with E-state index in [0.29, 0.717) is 30.8 Å². The molecule has 6 heteroatoms. The number of anilines is 1. The predicted molar refractivity (Wildman–Crippen MR) is 94.1 cm³/mol. The van der Waals surface area contributed by atoms with Crippen LogP contribution in [0.2, 0.25) is 0 Å². The highest BCUT2D eigenvalue weighted by molar-refractivity contribution is 5.83. The maximum atomic E-state index is 13.8. The number of piperidine rings is 1. The molecule has 0 bridgehead atoms. The zero-order valence-electron chi connectivity index (χ0n) is 14.5. The molecule has 1 aromatic heterocycles. The van der Waals surface area contributed by atoms with E-state index in [9.17, 15) is 14.0 Å². The molecule has 132 valence electrons. The summed E-state index contributed by atoms with van der Waals surface area (Å²) in [6.45, 7) is 2.59. The van der Waals surface area contributed by atoms with Crippen LogP contribution in [0.25, 0.3) is 0 Å². The van der Waals surface area contributed by atoms with E-state index in [-0.39, 0.29) is 35.5 Å². The highest BCUT2D eigenvalue weighted by atomic mass is 19.1. The van der Waals surface area contributed by atoms with Crippen LogP contribution in [-0.2, 0) is 18.3 Å². The number of carbonyl (C=O) groups is 1. The smallest absolute Gasteiger partial charge is 0.293 e. The molecule has 1 saturated heterocycles. The van der Waals surface area contributed by atoms with Crippen molar-refractivity contribution in [1.82, 2.24) is 9.55 Å². The maximum absolute atomic E-state index is 13.8. The van der Waals surface area contributed by atoms with Crippen LogP contribution in [-0.4, -0.2) is 27.9 Å². The Balaban J connectivity index is 1.69. The summed E-state index contributed by atoms with van der Waals surface area (Å²) in [5, 5.41) is 0. The minimum Gasteiger partial charge on any atom is -0.349 e. The number of benzene rings is 1. The lowest BCUT2D eigenvalue weighted by atomic mass is 9.86. The largest absolute Gasteiger partial charge is 0.349 e. The fraction of sp³-hybridized carbons (Fsp3) is 0.421.